The Labute approximate surface area is 179 Å². The molecule has 148 valence electrons. The summed E-state index contributed by atoms with van der Waals surface area (Å²) in [5, 5.41) is 0. The fourth-order valence-corrected chi connectivity index (χ4v) is 5.67. The molecule has 0 unspecified atom stereocenters. The zero-order valence-corrected chi connectivity index (χ0v) is 17.6. The standard InChI is InChI=1S/C28H32N/c1-20-9-5-6-10-25(20)27-16-26(21(2)19-29(27)3)22-11-12-23-17-28(18-24(23)15-22)13-7-4-8-14-28/h5-6,9-12,15-16,19H,4,7-8,13-14,17-18H2,1-3H3/q+1/i2D3. The molecule has 0 saturated heterocycles. The number of aryl methyl sites for hydroxylation is 3. The summed E-state index contributed by atoms with van der Waals surface area (Å²) < 4.78 is 26.6. The van der Waals surface area contributed by atoms with Crippen LogP contribution in [0.3, 0.4) is 0 Å². The van der Waals surface area contributed by atoms with Crippen molar-refractivity contribution in [3.05, 3.63) is 77.0 Å². The van der Waals surface area contributed by atoms with E-state index in [9.17, 15) is 0 Å². The SMILES string of the molecule is [2H]C([2H])([2H])c1c[n+](C)c(-c2ccccc2C)cc1-c1ccc2c(c1)CC1(CCCCC1)C2. The predicted molar refractivity (Wildman–Crippen MR) is 121 cm³/mol. The Morgan fingerprint density at radius 3 is 2.45 bits per heavy atom. The van der Waals surface area contributed by atoms with E-state index in [-0.39, 0.29) is 0 Å². The van der Waals surface area contributed by atoms with Crippen molar-refractivity contribution in [1.29, 1.82) is 0 Å². The molecule has 1 heteroatoms. The molecule has 1 aromatic heterocycles. The van der Waals surface area contributed by atoms with Crippen LogP contribution in [0.2, 0.25) is 0 Å². The van der Waals surface area contributed by atoms with Crippen molar-refractivity contribution in [2.45, 2.75) is 58.7 Å². The number of nitrogens with zero attached hydrogens (tertiary/aromatic N) is 1. The van der Waals surface area contributed by atoms with Crippen molar-refractivity contribution < 1.29 is 8.68 Å². The maximum Gasteiger partial charge on any atom is 0.213 e. The lowest BCUT2D eigenvalue weighted by Crippen LogP contribution is -2.31. The van der Waals surface area contributed by atoms with Gasteiger partial charge < -0.3 is 0 Å². The fraction of sp³-hybridized carbons (Fsp3) is 0.393. The van der Waals surface area contributed by atoms with E-state index in [1.165, 1.54) is 55.2 Å². The summed E-state index contributed by atoms with van der Waals surface area (Å²) in [6.45, 7) is -0.0628. The van der Waals surface area contributed by atoms with Gasteiger partial charge in [0.2, 0.25) is 5.69 Å². The Morgan fingerprint density at radius 2 is 1.66 bits per heavy atom. The monoisotopic (exact) mass is 385 g/mol. The second-order valence-electron chi connectivity index (χ2n) is 9.31. The van der Waals surface area contributed by atoms with E-state index in [1.54, 1.807) is 6.20 Å². The van der Waals surface area contributed by atoms with Gasteiger partial charge in [0.1, 0.15) is 7.05 Å². The molecule has 0 amide bonds. The second-order valence-corrected chi connectivity index (χ2v) is 9.31. The molecule has 2 aliphatic carbocycles. The van der Waals surface area contributed by atoms with E-state index in [1.807, 2.05) is 23.7 Å². The first kappa shape index (κ1) is 15.4. The summed E-state index contributed by atoms with van der Waals surface area (Å²) in [6, 6.07) is 17.1. The van der Waals surface area contributed by atoms with Crippen LogP contribution >= 0.6 is 0 Å². The van der Waals surface area contributed by atoms with E-state index < -0.39 is 6.85 Å². The van der Waals surface area contributed by atoms with Gasteiger partial charge in [-0.05, 0) is 78.8 Å². The zero-order valence-electron chi connectivity index (χ0n) is 20.6. The maximum atomic E-state index is 8.21. The molecule has 2 aromatic carbocycles. The highest BCUT2D eigenvalue weighted by Crippen LogP contribution is 2.48. The molecule has 1 saturated carbocycles. The number of hydrogen-bond acceptors (Lipinski definition) is 0. The van der Waals surface area contributed by atoms with Gasteiger partial charge in [0, 0.05) is 21.3 Å². The second kappa shape index (κ2) is 7.13. The molecule has 29 heavy (non-hydrogen) atoms. The Kier molecular flexibility index (Phi) is 3.79. The molecule has 1 nitrogen and oxygen atoms in total. The molecular formula is C28H32N+. The zero-order chi connectivity index (χ0) is 22.5. The van der Waals surface area contributed by atoms with Gasteiger partial charge in [-0.25, -0.2) is 4.57 Å². The molecule has 1 heterocycles. The fourth-order valence-electron chi connectivity index (χ4n) is 5.67. The number of fused-ring (bicyclic) bond motifs is 1. The van der Waals surface area contributed by atoms with Gasteiger partial charge in [-0.2, -0.15) is 0 Å². The average Bonchev–Trinajstić information content (AvgIpc) is 3.10. The molecule has 0 radical (unpaired) electrons. The summed E-state index contributed by atoms with van der Waals surface area (Å²) >= 11 is 0. The molecule has 0 aliphatic heterocycles. The Hall–Kier alpha value is -2.41. The van der Waals surface area contributed by atoms with Gasteiger partial charge in [-0.1, -0.05) is 55.7 Å². The molecule has 0 bridgehead atoms. The minimum atomic E-state index is -2.17. The van der Waals surface area contributed by atoms with Crippen LogP contribution in [0, 0.1) is 19.2 Å². The third-order valence-corrected chi connectivity index (χ3v) is 7.26. The molecule has 2 aliphatic rings. The normalized spacial score (nSPS) is 19.4. The smallest absolute Gasteiger partial charge is 0.201 e. The number of rotatable bonds is 2. The van der Waals surface area contributed by atoms with Crippen molar-refractivity contribution in [1.82, 2.24) is 0 Å². The van der Waals surface area contributed by atoms with Crippen LogP contribution in [-0.2, 0) is 19.9 Å². The Morgan fingerprint density at radius 1 is 0.862 bits per heavy atom. The maximum absolute atomic E-state index is 8.21. The van der Waals surface area contributed by atoms with Gasteiger partial charge in [-0.15, -0.1) is 0 Å². The average molecular weight is 386 g/mol. The summed E-state index contributed by atoms with van der Waals surface area (Å²) in [7, 11) is 1.94. The number of aromatic nitrogens is 1. The van der Waals surface area contributed by atoms with E-state index in [0.29, 0.717) is 11.0 Å². The van der Waals surface area contributed by atoms with E-state index in [0.717, 1.165) is 28.8 Å². The van der Waals surface area contributed by atoms with Gasteiger partial charge in [0.15, 0.2) is 6.20 Å². The van der Waals surface area contributed by atoms with Gasteiger partial charge in [0.05, 0.1) is 0 Å². The van der Waals surface area contributed by atoms with Crippen LogP contribution in [0.15, 0.2) is 54.7 Å². The van der Waals surface area contributed by atoms with Crippen LogP contribution in [0.1, 0.15) is 58.5 Å². The quantitative estimate of drug-likeness (QED) is 0.443. The van der Waals surface area contributed by atoms with Crippen molar-refractivity contribution in [2.24, 2.45) is 12.5 Å². The van der Waals surface area contributed by atoms with Crippen LogP contribution in [0.25, 0.3) is 22.4 Å². The van der Waals surface area contributed by atoms with Crippen LogP contribution in [0.4, 0.5) is 0 Å². The lowest BCUT2D eigenvalue weighted by molar-refractivity contribution is -0.660. The van der Waals surface area contributed by atoms with Gasteiger partial charge >= 0.3 is 0 Å². The van der Waals surface area contributed by atoms with Crippen molar-refractivity contribution in [3.63, 3.8) is 0 Å². The number of pyridine rings is 1. The van der Waals surface area contributed by atoms with Crippen molar-refractivity contribution in [3.8, 4) is 22.4 Å². The first-order chi connectivity index (χ1) is 15.3. The molecule has 0 atom stereocenters. The summed E-state index contributed by atoms with van der Waals surface area (Å²) in [5.41, 5.74) is 8.96. The number of benzene rings is 2. The van der Waals surface area contributed by atoms with Gasteiger partial charge in [0.25, 0.3) is 0 Å². The van der Waals surface area contributed by atoms with Crippen LogP contribution in [0.5, 0.6) is 0 Å². The third kappa shape index (κ3) is 3.31. The van der Waals surface area contributed by atoms with Crippen molar-refractivity contribution >= 4 is 0 Å². The van der Waals surface area contributed by atoms with Crippen LogP contribution in [-0.4, -0.2) is 0 Å². The van der Waals surface area contributed by atoms with Crippen molar-refractivity contribution in [2.75, 3.05) is 0 Å². The molecule has 0 N–H and O–H groups in total. The highest BCUT2D eigenvalue weighted by Gasteiger charge is 2.38. The predicted octanol–water partition coefficient (Wildman–Crippen LogP) is 6.51. The molecule has 1 fully saturated rings. The van der Waals surface area contributed by atoms with Gasteiger partial charge in [-0.3, -0.25) is 0 Å². The molecular weight excluding hydrogens is 350 g/mol. The largest absolute Gasteiger partial charge is 0.213 e. The highest BCUT2D eigenvalue weighted by atomic mass is 14.9. The molecule has 1 spiro atoms. The summed E-state index contributed by atoms with van der Waals surface area (Å²) in [4.78, 5) is 0. The minimum Gasteiger partial charge on any atom is -0.201 e. The van der Waals surface area contributed by atoms with E-state index in [2.05, 4.69) is 43.3 Å². The lowest BCUT2D eigenvalue weighted by Gasteiger charge is -2.33. The van der Waals surface area contributed by atoms with E-state index in [4.69, 9.17) is 4.11 Å². The summed E-state index contributed by atoms with van der Waals surface area (Å²) in [5.74, 6) is 0. The Bertz CT molecular complexity index is 1170. The summed E-state index contributed by atoms with van der Waals surface area (Å²) in [6.07, 6.45) is 10.9. The van der Waals surface area contributed by atoms with Crippen LogP contribution < -0.4 is 4.57 Å². The number of hydrogen-bond donors (Lipinski definition) is 0. The first-order valence-corrected chi connectivity index (χ1v) is 11.0. The molecule has 3 aromatic rings. The molecule has 5 rings (SSSR count). The first-order valence-electron chi connectivity index (χ1n) is 12.5. The topological polar surface area (TPSA) is 3.88 Å². The third-order valence-electron chi connectivity index (χ3n) is 7.26. The highest BCUT2D eigenvalue weighted by molar-refractivity contribution is 5.73. The lowest BCUT2D eigenvalue weighted by atomic mass is 9.72. The Balaban J connectivity index is 1.63. The van der Waals surface area contributed by atoms with E-state index >= 15 is 0 Å². The minimum absolute atomic E-state index is 0.419.